The lowest BCUT2D eigenvalue weighted by atomic mass is 10.2. The fourth-order valence-corrected chi connectivity index (χ4v) is 0.0680. The first kappa shape index (κ1) is 5.70. The van der Waals surface area contributed by atoms with Crippen molar-refractivity contribution in [2.24, 2.45) is 5.92 Å². The minimum Gasteiger partial charge on any atom is -0.236 e. The first-order chi connectivity index (χ1) is 2.81. The van der Waals surface area contributed by atoms with Crippen molar-refractivity contribution >= 4 is 0 Å². The van der Waals surface area contributed by atoms with Crippen LogP contribution in [-0.2, 0) is 5.11 Å². The Labute approximate surface area is 38.3 Å². The van der Waals surface area contributed by atoms with E-state index < -0.39 is 0 Å². The van der Waals surface area contributed by atoms with Gasteiger partial charge in [0.25, 0.3) is 0 Å². The highest BCUT2D eigenvalue weighted by Crippen LogP contribution is 1.89. The third-order valence-electron chi connectivity index (χ3n) is 0.665. The highest BCUT2D eigenvalue weighted by atomic mass is 16.3. The topological polar surface area (TPSA) is 19.9 Å². The highest BCUT2D eigenvalue weighted by Gasteiger charge is 1.87. The van der Waals surface area contributed by atoms with Crippen molar-refractivity contribution in [1.29, 1.82) is 0 Å². The Morgan fingerprint density at radius 1 is 2.00 bits per heavy atom. The van der Waals surface area contributed by atoms with Gasteiger partial charge in [-0.1, -0.05) is 13.0 Å². The van der Waals surface area contributed by atoms with Crippen molar-refractivity contribution in [1.82, 2.24) is 0 Å². The maximum atomic E-state index is 9.79. The van der Waals surface area contributed by atoms with Crippen LogP contribution in [0, 0.1) is 5.92 Å². The van der Waals surface area contributed by atoms with E-state index in [0.29, 0.717) is 0 Å². The Morgan fingerprint density at radius 2 is 2.50 bits per heavy atom. The Morgan fingerprint density at radius 3 is 2.50 bits per heavy atom. The summed E-state index contributed by atoms with van der Waals surface area (Å²) in [6.07, 6.45) is 1.66. The molecule has 0 aliphatic rings. The van der Waals surface area contributed by atoms with Gasteiger partial charge in [-0.05, 0) is 0 Å². The zero-order chi connectivity index (χ0) is 4.99. The van der Waals surface area contributed by atoms with Crippen LogP contribution >= 0.6 is 0 Å². The minimum absolute atomic E-state index is 0.0382. The van der Waals surface area contributed by atoms with Crippen LogP contribution in [0.15, 0.2) is 12.7 Å². The largest absolute Gasteiger partial charge is 0.236 e. The van der Waals surface area contributed by atoms with E-state index in [2.05, 4.69) is 6.58 Å². The van der Waals surface area contributed by atoms with Gasteiger partial charge in [-0.2, -0.15) is 0 Å². The standard InChI is InChI=1S/C5H9O/c1-3-5(2)4-6/h3,5H,1,4H2,2H3. The van der Waals surface area contributed by atoms with E-state index in [9.17, 15) is 5.11 Å². The molecule has 0 saturated carbocycles. The second-order valence-electron chi connectivity index (χ2n) is 1.38. The zero-order valence-electron chi connectivity index (χ0n) is 3.98. The molecule has 0 aliphatic heterocycles. The lowest BCUT2D eigenvalue weighted by Crippen LogP contribution is -1.91. The summed E-state index contributed by atoms with van der Waals surface area (Å²) in [5.41, 5.74) is 0. The highest BCUT2D eigenvalue weighted by molar-refractivity contribution is 4.72. The first-order valence-corrected chi connectivity index (χ1v) is 2.02. The van der Waals surface area contributed by atoms with Crippen LogP contribution in [0.3, 0.4) is 0 Å². The summed E-state index contributed by atoms with van der Waals surface area (Å²) in [7, 11) is 0. The van der Waals surface area contributed by atoms with Gasteiger partial charge < -0.3 is 0 Å². The lowest BCUT2D eigenvalue weighted by Gasteiger charge is -1.90. The van der Waals surface area contributed by atoms with Crippen LogP contribution in [0.25, 0.3) is 0 Å². The van der Waals surface area contributed by atoms with Gasteiger partial charge >= 0.3 is 0 Å². The van der Waals surface area contributed by atoms with Crippen LogP contribution in [0.4, 0.5) is 0 Å². The average Bonchev–Trinajstić information content (AvgIpc) is 1.65. The van der Waals surface area contributed by atoms with Gasteiger partial charge in [0.15, 0.2) is 0 Å². The maximum absolute atomic E-state index is 9.79. The van der Waals surface area contributed by atoms with E-state index in [1.54, 1.807) is 6.08 Å². The van der Waals surface area contributed by atoms with Gasteiger partial charge in [0, 0.05) is 5.92 Å². The molecule has 1 heteroatoms. The Kier molecular flexibility index (Phi) is 2.77. The van der Waals surface area contributed by atoms with E-state index in [1.807, 2.05) is 6.92 Å². The lowest BCUT2D eigenvalue weighted by molar-refractivity contribution is 0.168. The van der Waals surface area contributed by atoms with Gasteiger partial charge in [-0.15, -0.1) is 6.58 Å². The minimum atomic E-state index is -0.0382. The number of hydrogen-bond acceptors (Lipinski definition) is 0. The molecule has 0 bridgehead atoms. The van der Waals surface area contributed by atoms with Gasteiger partial charge in [-0.3, -0.25) is 0 Å². The van der Waals surface area contributed by atoms with Crippen LogP contribution in [0.2, 0.25) is 0 Å². The molecule has 0 aromatic carbocycles. The predicted molar refractivity (Wildman–Crippen MR) is 24.9 cm³/mol. The van der Waals surface area contributed by atoms with Crippen molar-refractivity contribution in [2.75, 3.05) is 6.61 Å². The summed E-state index contributed by atoms with van der Waals surface area (Å²) in [5.74, 6) is 0.144. The molecule has 1 unspecified atom stereocenters. The molecule has 0 aromatic rings. The van der Waals surface area contributed by atoms with Gasteiger partial charge in [0.05, 0.1) is 6.61 Å². The molecule has 0 fully saturated rings. The Balaban J connectivity index is 2.96. The second kappa shape index (κ2) is 2.91. The molecule has 0 heterocycles. The Hall–Kier alpha value is -0.300. The van der Waals surface area contributed by atoms with Crippen molar-refractivity contribution in [3.8, 4) is 0 Å². The molecule has 0 aromatic heterocycles. The quantitative estimate of drug-likeness (QED) is 0.449. The van der Waals surface area contributed by atoms with Crippen LogP contribution in [0.1, 0.15) is 6.92 Å². The molecule has 35 valence electrons. The molecular weight excluding hydrogens is 76.1 g/mol. The smallest absolute Gasteiger partial charge is 0.0882 e. The van der Waals surface area contributed by atoms with E-state index >= 15 is 0 Å². The monoisotopic (exact) mass is 85.1 g/mol. The normalized spacial score (nSPS) is 13.7. The fourth-order valence-electron chi connectivity index (χ4n) is 0.0680. The van der Waals surface area contributed by atoms with E-state index in [4.69, 9.17) is 0 Å². The van der Waals surface area contributed by atoms with E-state index in [0.717, 1.165) is 0 Å². The Bertz CT molecular complexity index is 41.2. The molecule has 0 amide bonds. The van der Waals surface area contributed by atoms with E-state index in [1.165, 1.54) is 0 Å². The van der Waals surface area contributed by atoms with Crippen LogP contribution < -0.4 is 0 Å². The van der Waals surface area contributed by atoms with Gasteiger partial charge in [0.2, 0.25) is 0 Å². The summed E-state index contributed by atoms with van der Waals surface area (Å²) >= 11 is 0. The van der Waals surface area contributed by atoms with Crippen LogP contribution in [-0.4, -0.2) is 6.61 Å². The summed E-state index contributed by atoms with van der Waals surface area (Å²) in [4.78, 5) is 0. The number of hydrogen-bond donors (Lipinski definition) is 0. The first-order valence-electron chi connectivity index (χ1n) is 2.02. The van der Waals surface area contributed by atoms with Crippen LogP contribution in [0.5, 0.6) is 0 Å². The van der Waals surface area contributed by atoms with Crippen molar-refractivity contribution in [3.05, 3.63) is 12.7 Å². The SMILES string of the molecule is C=CC(C)C[O]. The molecule has 0 rings (SSSR count). The third kappa shape index (κ3) is 1.97. The number of rotatable bonds is 2. The zero-order valence-corrected chi connectivity index (χ0v) is 3.98. The van der Waals surface area contributed by atoms with Gasteiger partial charge in [0.1, 0.15) is 0 Å². The molecular formula is C5H9O. The summed E-state index contributed by atoms with van der Waals surface area (Å²) in [5, 5.41) is 9.79. The third-order valence-corrected chi connectivity index (χ3v) is 0.665. The molecule has 0 spiro atoms. The molecule has 0 saturated heterocycles. The van der Waals surface area contributed by atoms with Crippen molar-refractivity contribution < 1.29 is 5.11 Å². The molecule has 0 N–H and O–H groups in total. The molecule has 6 heavy (non-hydrogen) atoms. The molecule has 1 atom stereocenters. The van der Waals surface area contributed by atoms with Gasteiger partial charge in [-0.25, -0.2) is 5.11 Å². The summed E-state index contributed by atoms with van der Waals surface area (Å²) in [6.45, 7) is 5.24. The predicted octanol–water partition coefficient (Wildman–Crippen LogP) is 1.24. The molecule has 0 aliphatic carbocycles. The maximum Gasteiger partial charge on any atom is 0.0882 e. The molecule has 1 radical (unpaired) electrons. The second-order valence-corrected chi connectivity index (χ2v) is 1.38. The van der Waals surface area contributed by atoms with Crippen molar-refractivity contribution in [2.45, 2.75) is 6.92 Å². The fraction of sp³-hybridized carbons (Fsp3) is 0.600. The molecule has 1 nitrogen and oxygen atoms in total. The van der Waals surface area contributed by atoms with Crippen molar-refractivity contribution in [3.63, 3.8) is 0 Å². The summed E-state index contributed by atoms with van der Waals surface area (Å²) < 4.78 is 0. The van der Waals surface area contributed by atoms with E-state index in [-0.39, 0.29) is 12.5 Å². The summed E-state index contributed by atoms with van der Waals surface area (Å²) in [6, 6.07) is 0. The average molecular weight is 85.1 g/mol.